The number of rotatable bonds is 9. The largest absolute Gasteiger partial charge is 0.454 e. The van der Waals surface area contributed by atoms with Gasteiger partial charge in [-0.3, -0.25) is 19.3 Å². The molecule has 0 radical (unpaired) electrons. The van der Waals surface area contributed by atoms with Gasteiger partial charge >= 0.3 is 5.97 Å². The highest BCUT2D eigenvalue weighted by Gasteiger charge is 2.40. The molecule has 0 saturated carbocycles. The monoisotopic (exact) mass is 559 g/mol. The van der Waals surface area contributed by atoms with Gasteiger partial charge in [-0.2, -0.15) is 0 Å². The molecule has 2 aliphatic heterocycles. The molecule has 206 valence electrons. The average Bonchev–Trinajstić information content (AvgIpc) is 3.25. The number of esters is 1. The quantitative estimate of drug-likeness (QED) is 0.238. The summed E-state index contributed by atoms with van der Waals surface area (Å²) in [6.45, 7) is 2.34. The summed E-state index contributed by atoms with van der Waals surface area (Å²) in [6, 6.07) is 22.3. The Morgan fingerprint density at radius 2 is 1.52 bits per heavy atom. The third kappa shape index (κ3) is 6.65. The minimum absolute atomic E-state index is 0.0969. The predicted octanol–water partition coefficient (Wildman–Crippen LogP) is 4.27. The molecule has 0 bridgehead atoms. The van der Waals surface area contributed by atoms with Crippen LogP contribution in [0.15, 0.2) is 78.9 Å². The van der Waals surface area contributed by atoms with Gasteiger partial charge in [0.25, 0.3) is 5.91 Å². The van der Waals surface area contributed by atoms with Gasteiger partial charge < -0.3 is 10.1 Å². The smallest absolute Gasteiger partial charge is 0.338 e. The van der Waals surface area contributed by atoms with E-state index in [4.69, 9.17) is 16.3 Å². The summed E-state index contributed by atoms with van der Waals surface area (Å²) in [6.07, 6.45) is 1.91. The van der Waals surface area contributed by atoms with Crippen molar-refractivity contribution in [2.24, 2.45) is 0 Å². The molecule has 8 nitrogen and oxygen atoms in total. The molecule has 2 fully saturated rings. The van der Waals surface area contributed by atoms with E-state index in [0.29, 0.717) is 16.3 Å². The second-order valence-corrected chi connectivity index (χ2v) is 10.5. The third-order valence-corrected chi connectivity index (χ3v) is 7.53. The van der Waals surface area contributed by atoms with Gasteiger partial charge in [-0.15, -0.1) is 0 Å². The van der Waals surface area contributed by atoms with E-state index in [9.17, 15) is 19.2 Å². The molecule has 1 N–H and O–H groups in total. The Morgan fingerprint density at radius 3 is 2.20 bits per heavy atom. The van der Waals surface area contributed by atoms with Gasteiger partial charge in [0.2, 0.25) is 5.91 Å². The zero-order valence-corrected chi connectivity index (χ0v) is 22.7. The number of halogens is 1. The van der Waals surface area contributed by atoms with Crippen LogP contribution in [0.4, 0.5) is 5.69 Å². The van der Waals surface area contributed by atoms with E-state index >= 15 is 0 Å². The summed E-state index contributed by atoms with van der Waals surface area (Å²) in [5.74, 6) is -1.60. The Balaban J connectivity index is 1.11. The van der Waals surface area contributed by atoms with Crippen molar-refractivity contribution in [3.8, 4) is 0 Å². The van der Waals surface area contributed by atoms with E-state index < -0.39 is 18.6 Å². The van der Waals surface area contributed by atoms with Crippen LogP contribution in [0.25, 0.3) is 0 Å². The van der Waals surface area contributed by atoms with E-state index in [2.05, 4.69) is 22.3 Å². The predicted molar refractivity (Wildman–Crippen MR) is 151 cm³/mol. The number of likely N-dealkylation sites (tertiary alicyclic amines) is 1. The fourth-order valence-electron chi connectivity index (χ4n) is 5.10. The number of Topliss-reactive ketones (excluding diaryl/α,β-unsaturated/α-hetero) is 1. The van der Waals surface area contributed by atoms with Gasteiger partial charge in [0.05, 0.1) is 23.7 Å². The Hall–Kier alpha value is -3.85. The molecule has 5 rings (SSSR count). The lowest BCUT2D eigenvalue weighted by Gasteiger charge is -2.33. The number of piperidine rings is 1. The first-order valence-electron chi connectivity index (χ1n) is 13.3. The molecular formula is C31H30ClN3O5. The molecule has 3 aromatic carbocycles. The van der Waals surface area contributed by atoms with Crippen molar-refractivity contribution >= 4 is 40.9 Å². The number of nitrogens with one attached hydrogen (secondary N) is 1. The number of carbonyl (C=O) groups is 4. The summed E-state index contributed by atoms with van der Waals surface area (Å²) < 4.78 is 5.14. The Morgan fingerprint density at radius 1 is 0.875 bits per heavy atom. The van der Waals surface area contributed by atoms with Crippen LogP contribution in [-0.4, -0.2) is 60.2 Å². The van der Waals surface area contributed by atoms with Gasteiger partial charge in [0.15, 0.2) is 12.4 Å². The number of hydrogen-bond acceptors (Lipinski definition) is 7. The number of carbonyl (C=O) groups excluding carboxylic acids is 4. The molecule has 0 spiro atoms. The fraction of sp³-hybridized carbons (Fsp3) is 0.290. The van der Waals surface area contributed by atoms with Gasteiger partial charge in [-0.1, -0.05) is 41.9 Å². The molecule has 2 saturated heterocycles. The number of anilines is 1. The lowest BCUT2D eigenvalue weighted by atomic mass is 10.0. The molecule has 2 aliphatic rings. The summed E-state index contributed by atoms with van der Waals surface area (Å²) in [5, 5.41) is 3.91. The number of nitrogens with zero attached hydrogens (tertiary/aromatic N) is 2. The normalized spacial score (nSPS) is 18.2. The van der Waals surface area contributed by atoms with Crippen molar-refractivity contribution in [2.75, 3.05) is 24.6 Å². The summed E-state index contributed by atoms with van der Waals surface area (Å²) in [5.41, 5.74) is 2.28. The van der Waals surface area contributed by atoms with E-state index in [1.807, 2.05) is 18.2 Å². The molecule has 1 atom stereocenters. The second kappa shape index (κ2) is 12.6. The Labute approximate surface area is 237 Å². The maximum atomic E-state index is 13.1. The zero-order chi connectivity index (χ0) is 28.1. The van der Waals surface area contributed by atoms with E-state index in [0.717, 1.165) is 32.5 Å². The van der Waals surface area contributed by atoms with Crippen LogP contribution in [0.2, 0.25) is 5.02 Å². The summed E-state index contributed by atoms with van der Waals surface area (Å²) in [4.78, 5) is 54.2. The molecular weight excluding hydrogens is 530 g/mol. The topological polar surface area (TPSA) is 96.0 Å². The number of imide groups is 1. The highest BCUT2D eigenvalue weighted by molar-refractivity contribution is 6.30. The molecule has 9 heteroatoms. The van der Waals surface area contributed by atoms with Crippen molar-refractivity contribution in [1.82, 2.24) is 10.2 Å². The van der Waals surface area contributed by atoms with Gasteiger partial charge in [-0.25, -0.2) is 9.69 Å². The first kappa shape index (κ1) is 27.7. The van der Waals surface area contributed by atoms with Gasteiger partial charge in [0.1, 0.15) is 0 Å². The molecule has 1 unspecified atom stereocenters. The van der Waals surface area contributed by atoms with Crippen molar-refractivity contribution < 1.29 is 23.9 Å². The minimum atomic E-state index is -0.675. The van der Waals surface area contributed by atoms with Crippen molar-refractivity contribution in [2.45, 2.75) is 37.9 Å². The minimum Gasteiger partial charge on any atom is -0.454 e. The van der Waals surface area contributed by atoms with E-state index in [1.165, 1.54) is 34.7 Å². The lowest BCUT2D eigenvalue weighted by molar-refractivity contribution is -0.121. The van der Waals surface area contributed by atoms with Crippen LogP contribution in [0, 0.1) is 0 Å². The van der Waals surface area contributed by atoms with Crippen molar-refractivity contribution in [3.63, 3.8) is 0 Å². The number of hydrogen-bond donors (Lipinski definition) is 1. The first-order valence-corrected chi connectivity index (χ1v) is 13.7. The molecule has 2 amide bonds. The van der Waals surface area contributed by atoms with Gasteiger partial charge in [0, 0.05) is 23.2 Å². The third-order valence-electron chi connectivity index (χ3n) is 7.28. The lowest BCUT2D eigenvalue weighted by Crippen LogP contribution is -2.48. The zero-order valence-electron chi connectivity index (χ0n) is 21.9. The summed E-state index contributed by atoms with van der Waals surface area (Å²) >= 11 is 5.83. The van der Waals surface area contributed by atoms with Crippen LogP contribution in [0.5, 0.6) is 0 Å². The van der Waals surface area contributed by atoms with E-state index in [1.54, 1.807) is 24.3 Å². The van der Waals surface area contributed by atoms with E-state index in [-0.39, 0.29) is 35.6 Å². The SMILES string of the molecule is O=C(COC(=O)c1ccc(N2C(=O)CC(NC3CCN(Cc4ccccc4)CC3)C2=O)cc1)c1ccc(Cl)cc1. The van der Waals surface area contributed by atoms with Crippen LogP contribution in [0.1, 0.15) is 45.5 Å². The average molecular weight is 560 g/mol. The van der Waals surface area contributed by atoms with Crippen LogP contribution < -0.4 is 10.2 Å². The van der Waals surface area contributed by atoms with Crippen LogP contribution in [0.3, 0.4) is 0 Å². The van der Waals surface area contributed by atoms with Crippen molar-refractivity contribution in [1.29, 1.82) is 0 Å². The molecule has 2 heterocycles. The fourth-order valence-corrected chi connectivity index (χ4v) is 5.22. The Kier molecular flexibility index (Phi) is 8.69. The highest BCUT2D eigenvalue weighted by atomic mass is 35.5. The standard InChI is InChI=1S/C31H30ClN3O5/c32-24-10-6-22(7-11-24)28(36)20-40-31(39)23-8-12-26(13-9-23)35-29(37)18-27(30(35)38)33-25-14-16-34(17-15-25)19-21-4-2-1-3-5-21/h1-13,25,27,33H,14-20H2. The van der Waals surface area contributed by atoms with Gasteiger partial charge in [-0.05, 0) is 80.0 Å². The number of amides is 2. The molecule has 0 aliphatic carbocycles. The first-order chi connectivity index (χ1) is 19.4. The maximum absolute atomic E-state index is 13.1. The van der Waals surface area contributed by atoms with Crippen LogP contribution in [-0.2, 0) is 20.9 Å². The van der Waals surface area contributed by atoms with Crippen LogP contribution >= 0.6 is 11.6 Å². The van der Waals surface area contributed by atoms with Crippen molar-refractivity contribution in [3.05, 3.63) is 101 Å². The number of ether oxygens (including phenoxy) is 1. The molecule has 3 aromatic rings. The maximum Gasteiger partial charge on any atom is 0.338 e. The number of ketones is 1. The summed E-state index contributed by atoms with van der Waals surface area (Å²) in [7, 11) is 0. The highest BCUT2D eigenvalue weighted by Crippen LogP contribution is 2.25. The second-order valence-electron chi connectivity index (χ2n) is 10.1. The molecule has 40 heavy (non-hydrogen) atoms. The molecule has 0 aromatic heterocycles. The Bertz CT molecular complexity index is 1370. The number of benzene rings is 3.